The Morgan fingerprint density at radius 3 is 2.48 bits per heavy atom. The number of carbonyl (C=O) groups excluding carboxylic acids is 1. The summed E-state index contributed by atoms with van der Waals surface area (Å²) in [4.78, 5) is 12.1. The predicted molar refractivity (Wildman–Crippen MR) is 92.8 cm³/mol. The van der Waals surface area contributed by atoms with Crippen molar-refractivity contribution in [1.82, 2.24) is 15.1 Å². The van der Waals surface area contributed by atoms with E-state index in [0.29, 0.717) is 5.75 Å². The first-order valence-corrected chi connectivity index (χ1v) is 8.92. The summed E-state index contributed by atoms with van der Waals surface area (Å²) in [5, 5.41) is 6.49. The molecule has 1 heterocycles. The molecular formula is C17H23N3O2S. The average molecular weight is 333 g/mol. The smallest absolute Gasteiger partial charge is 0.235 e. The molecule has 6 heteroatoms. The number of hydrogen-bond acceptors (Lipinski definition) is 3. The van der Waals surface area contributed by atoms with Crippen molar-refractivity contribution >= 4 is 16.7 Å². The van der Waals surface area contributed by atoms with Gasteiger partial charge in [0.25, 0.3) is 0 Å². The summed E-state index contributed by atoms with van der Waals surface area (Å²) < 4.78 is 14.2. The molecule has 5 nitrogen and oxygen atoms in total. The lowest BCUT2D eigenvalue weighted by atomic mass is 10.1. The minimum atomic E-state index is -1.26. The fourth-order valence-electron chi connectivity index (χ4n) is 2.05. The molecular weight excluding hydrogens is 310 g/mol. The summed E-state index contributed by atoms with van der Waals surface area (Å²) in [6, 6.07) is 9.56. The van der Waals surface area contributed by atoms with E-state index in [9.17, 15) is 9.00 Å². The molecule has 124 valence electrons. The maximum absolute atomic E-state index is 12.4. The van der Waals surface area contributed by atoms with E-state index in [1.807, 2.05) is 57.3 Å². The number of aromatic nitrogens is 2. The quantitative estimate of drug-likeness (QED) is 0.914. The minimum Gasteiger partial charge on any atom is -0.350 e. The van der Waals surface area contributed by atoms with Crippen molar-refractivity contribution in [2.45, 2.75) is 44.2 Å². The predicted octanol–water partition coefficient (Wildman–Crippen LogP) is 2.42. The summed E-state index contributed by atoms with van der Waals surface area (Å²) in [6.07, 6.45) is 3.59. The molecule has 0 unspecified atom stereocenters. The van der Waals surface area contributed by atoms with E-state index in [0.717, 1.165) is 11.3 Å². The van der Waals surface area contributed by atoms with Gasteiger partial charge in [0.2, 0.25) is 5.91 Å². The molecule has 0 saturated carbocycles. The molecule has 0 aliphatic carbocycles. The lowest BCUT2D eigenvalue weighted by Gasteiger charge is -2.23. The maximum atomic E-state index is 12.4. The number of amides is 1. The van der Waals surface area contributed by atoms with Crippen molar-refractivity contribution in [1.29, 1.82) is 0 Å². The van der Waals surface area contributed by atoms with Crippen LogP contribution in [0.2, 0.25) is 0 Å². The molecule has 1 N–H and O–H groups in total. The first-order valence-electron chi connectivity index (χ1n) is 7.54. The van der Waals surface area contributed by atoms with Crippen LogP contribution in [0.5, 0.6) is 0 Å². The van der Waals surface area contributed by atoms with Gasteiger partial charge >= 0.3 is 0 Å². The number of nitrogens with zero attached hydrogens (tertiary/aromatic N) is 2. The highest BCUT2D eigenvalue weighted by Gasteiger charge is 2.23. The van der Waals surface area contributed by atoms with Gasteiger partial charge in [-0.1, -0.05) is 12.1 Å². The van der Waals surface area contributed by atoms with Crippen LogP contribution in [0, 0.1) is 0 Å². The van der Waals surface area contributed by atoms with E-state index in [2.05, 4.69) is 10.4 Å². The van der Waals surface area contributed by atoms with Gasteiger partial charge in [-0.25, -0.2) is 4.68 Å². The molecule has 0 bridgehead atoms. The second-order valence-electron chi connectivity index (χ2n) is 6.52. The van der Waals surface area contributed by atoms with Crippen molar-refractivity contribution < 1.29 is 9.00 Å². The lowest BCUT2D eigenvalue weighted by molar-refractivity contribution is -0.121. The second kappa shape index (κ2) is 7.08. The van der Waals surface area contributed by atoms with Crippen molar-refractivity contribution in [3.63, 3.8) is 0 Å². The summed E-state index contributed by atoms with van der Waals surface area (Å²) >= 11 is 0. The van der Waals surface area contributed by atoms with Crippen molar-refractivity contribution in [2.24, 2.45) is 0 Å². The van der Waals surface area contributed by atoms with Crippen LogP contribution < -0.4 is 5.32 Å². The first-order chi connectivity index (χ1) is 10.8. The number of hydrogen-bond donors (Lipinski definition) is 1. The number of rotatable bonds is 5. The molecule has 0 aliphatic heterocycles. The molecule has 0 radical (unpaired) electrons. The Balaban J connectivity index is 1.98. The largest absolute Gasteiger partial charge is 0.350 e. The van der Waals surface area contributed by atoms with Gasteiger partial charge in [0, 0.05) is 34.5 Å². The van der Waals surface area contributed by atoms with E-state index in [1.165, 1.54) is 0 Å². The zero-order valence-corrected chi connectivity index (χ0v) is 14.8. The summed E-state index contributed by atoms with van der Waals surface area (Å²) in [7, 11) is -1.26. The average Bonchev–Trinajstić information content (AvgIpc) is 2.99. The summed E-state index contributed by atoms with van der Waals surface area (Å²) in [5.74, 6) is 0.182. The number of carbonyl (C=O) groups is 1. The highest BCUT2D eigenvalue weighted by Crippen LogP contribution is 2.13. The van der Waals surface area contributed by atoms with Gasteiger partial charge < -0.3 is 5.32 Å². The van der Waals surface area contributed by atoms with Crippen LogP contribution in [-0.2, 0) is 21.3 Å². The third-order valence-corrected chi connectivity index (χ3v) is 4.90. The fourth-order valence-corrected chi connectivity index (χ4v) is 3.12. The van der Waals surface area contributed by atoms with Crippen LogP contribution in [0.3, 0.4) is 0 Å². The van der Waals surface area contributed by atoms with E-state index in [1.54, 1.807) is 17.8 Å². The SMILES string of the molecule is C[C@@H](C(=O)NC(C)(C)C)[S@@](=O)Cc1ccc(-n2cccn2)cc1. The lowest BCUT2D eigenvalue weighted by Crippen LogP contribution is -2.46. The van der Waals surface area contributed by atoms with Gasteiger partial charge in [0.1, 0.15) is 5.25 Å². The maximum Gasteiger partial charge on any atom is 0.235 e. The summed E-state index contributed by atoms with van der Waals surface area (Å²) in [5.41, 5.74) is 1.57. The molecule has 0 fully saturated rings. The van der Waals surface area contributed by atoms with E-state index < -0.39 is 16.0 Å². The fraction of sp³-hybridized carbons (Fsp3) is 0.412. The summed E-state index contributed by atoms with van der Waals surface area (Å²) in [6.45, 7) is 7.44. The van der Waals surface area contributed by atoms with Gasteiger partial charge in [-0.05, 0) is 51.5 Å². The third-order valence-electron chi connectivity index (χ3n) is 3.28. The zero-order chi connectivity index (χ0) is 17.0. The molecule has 0 saturated heterocycles. The highest BCUT2D eigenvalue weighted by molar-refractivity contribution is 7.85. The molecule has 2 aromatic rings. The highest BCUT2D eigenvalue weighted by atomic mass is 32.2. The van der Waals surface area contributed by atoms with Gasteiger partial charge in [-0.3, -0.25) is 9.00 Å². The topological polar surface area (TPSA) is 64.0 Å². The Kier molecular flexibility index (Phi) is 5.36. The monoisotopic (exact) mass is 333 g/mol. The zero-order valence-electron chi connectivity index (χ0n) is 13.9. The van der Waals surface area contributed by atoms with Crippen LogP contribution in [0.25, 0.3) is 5.69 Å². The molecule has 23 heavy (non-hydrogen) atoms. The molecule has 1 aromatic heterocycles. The van der Waals surface area contributed by atoms with Crippen molar-refractivity contribution in [2.75, 3.05) is 0 Å². The molecule has 0 aliphatic rings. The number of nitrogens with one attached hydrogen (secondary N) is 1. The van der Waals surface area contributed by atoms with Gasteiger partial charge in [-0.2, -0.15) is 5.10 Å². The first kappa shape index (κ1) is 17.4. The standard InChI is InChI=1S/C17H23N3O2S/c1-13(16(21)19-17(2,3)4)23(22)12-14-6-8-15(9-7-14)20-11-5-10-18-20/h5-11,13H,12H2,1-4H3,(H,19,21)/t13-,23-/m0/s1. The Morgan fingerprint density at radius 2 is 1.96 bits per heavy atom. The van der Waals surface area contributed by atoms with E-state index in [-0.39, 0.29) is 11.4 Å². The third kappa shape index (κ3) is 5.03. The molecule has 2 rings (SSSR count). The molecule has 1 aromatic carbocycles. The van der Waals surface area contributed by atoms with Crippen LogP contribution in [-0.4, -0.2) is 30.7 Å². The molecule has 1 amide bonds. The Morgan fingerprint density at radius 1 is 1.30 bits per heavy atom. The Hall–Kier alpha value is -1.95. The van der Waals surface area contributed by atoms with Gasteiger partial charge in [0.15, 0.2) is 0 Å². The van der Waals surface area contributed by atoms with E-state index >= 15 is 0 Å². The van der Waals surface area contributed by atoms with Crippen molar-refractivity contribution in [3.05, 3.63) is 48.3 Å². The van der Waals surface area contributed by atoms with Gasteiger partial charge in [0.05, 0.1) is 5.69 Å². The minimum absolute atomic E-state index is 0.177. The Labute approximate surface area is 139 Å². The van der Waals surface area contributed by atoms with Crippen molar-refractivity contribution in [3.8, 4) is 5.69 Å². The van der Waals surface area contributed by atoms with Crippen LogP contribution in [0.4, 0.5) is 0 Å². The number of benzene rings is 1. The normalized spacial score (nSPS) is 14.3. The Bertz CT molecular complexity index is 673. The molecule has 0 spiro atoms. The molecule has 2 atom stereocenters. The second-order valence-corrected chi connectivity index (χ2v) is 8.28. The van der Waals surface area contributed by atoms with Crippen LogP contribution in [0.1, 0.15) is 33.3 Å². The van der Waals surface area contributed by atoms with Gasteiger partial charge in [-0.15, -0.1) is 0 Å². The van der Waals surface area contributed by atoms with Crippen LogP contribution in [0.15, 0.2) is 42.7 Å². The van der Waals surface area contributed by atoms with Crippen LogP contribution >= 0.6 is 0 Å². The van der Waals surface area contributed by atoms with E-state index in [4.69, 9.17) is 0 Å².